The Morgan fingerprint density at radius 3 is 2.67 bits per heavy atom. The van der Waals surface area contributed by atoms with Crippen molar-refractivity contribution in [2.45, 2.75) is 84.3 Å². The number of nitriles is 1. The van der Waals surface area contributed by atoms with Gasteiger partial charge in [0.15, 0.2) is 0 Å². The fourth-order valence-corrected chi connectivity index (χ4v) is 7.75. The van der Waals surface area contributed by atoms with Gasteiger partial charge in [0.05, 0.1) is 12.2 Å². The minimum Gasteiger partial charge on any atom is -0.462 e. The second-order valence-corrected chi connectivity index (χ2v) is 10.1. The number of carbonyl (C=O) groups excluding carboxylic acids is 1. The number of carbonyl (C=O) groups is 1. The van der Waals surface area contributed by atoms with Crippen LogP contribution in [0.5, 0.6) is 0 Å². The Bertz CT molecular complexity index is 694. The fraction of sp³-hybridized carbons (Fsp3) is 0.826. The van der Waals surface area contributed by atoms with Crippen LogP contribution in [-0.2, 0) is 9.53 Å². The summed E-state index contributed by atoms with van der Waals surface area (Å²) in [6.07, 6.45) is 9.60. The number of hydrogen-bond donors (Lipinski definition) is 1. The van der Waals surface area contributed by atoms with E-state index < -0.39 is 0 Å². The van der Waals surface area contributed by atoms with Gasteiger partial charge < -0.3 is 9.84 Å². The number of fused-ring (bicyclic) bond motifs is 5. The molecule has 0 bridgehead atoms. The van der Waals surface area contributed by atoms with Crippen molar-refractivity contribution in [2.75, 3.05) is 0 Å². The van der Waals surface area contributed by atoms with Gasteiger partial charge in [-0.05, 0) is 80.0 Å². The van der Waals surface area contributed by atoms with E-state index in [2.05, 4.69) is 19.9 Å². The van der Waals surface area contributed by atoms with E-state index in [1.165, 1.54) is 18.9 Å². The van der Waals surface area contributed by atoms with Crippen molar-refractivity contribution >= 4 is 5.97 Å². The van der Waals surface area contributed by atoms with Crippen LogP contribution < -0.4 is 0 Å². The van der Waals surface area contributed by atoms with E-state index in [9.17, 15) is 15.2 Å². The molecular weight excluding hydrogens is 338 g/mol. The Hall–Kier alpha value is -1.34. The SMILES string of the molecule is CC(=O)OC1CC2C3CCC(=CC#N)C3(C)CCC2C2(C)CCC(O)CC12. The van der Waals surface area contributed by atoms with Crippen LogP contribution in [0.2, 0.25) is 0 Å². The van der Waals surface area contributed by atoms with Crippen molar-refractivity contribution in [2.24, 2.45) is 34.5 Å². The van der Waals surface area contributed by atoms with Gasteiger partial charge in [0.1, 0.15) is 6.10 Å². The highest BCUT2D eigenvalue weighted by molar-refractivity contribution is 5.66. The van der Waals surface area contributed by atoms with Crippen molar-refractivity contribution < 1.29 is 14.6 Å². The van der Waals surface area contributed by atoms with Crippen LogP contribution in [0, 0.1) is 45.8 Å². The molecule has 4 aliphatic carbocycles. The lowest BCUT2D eigenvalue weighted by atomic mass is 9.44. The summed E-state index contributed by atoms with van der Waals surface area (Å²) in [5.41, 5.74) is 1.61. The predicted molar refractivity (Wildman–Crippen MR) is 102 cm³/mol. The highest BCUT2D eigenvalue weighted by Gasteiger charge is 2.61. The first-order valence-electron chi connectivity index (χ1n) is 10.7. The van der Waals surface area contributed by atoms with Gasteiger partial charge in [0.25, 0.3) is 0 Å². The normalized spacial score (nSPS) is 50.3. The van der Waals surface area contributed by atoms with E-state index in [4.69, 9.17) is 4.74 Å². The molecule has 0 aromatic carbocycles. The molecule has 148 valence electrons. The van der Waals surface area contributed by atoms with Crippen LogP contribution in [0.1, 0.15) is 72.1 Å². The van der Waals surface area contributed by atoms with E-state index in [1.54, 1.807) is 6.08 Å². The van der Waals surface area contributed by atoms with Crippen molar-refractivity contribution in [3.05, 3.63) is 11.6 Å². The number of hydrogen-bond acceptors (Lipinski definition) is 4. The molecule has 0 aliphatic heterocycles. The van der Waals surface area contributed by atoms with E-state index in [0.717, 1.165) is 44.9 Å². The lowest BCUT2D eigenvalue weighted by Crippen LogP contribution is -2.58. The second-order valence-electron chi connectivity index (χ2n) is 10.1. The lowest BCUT2D eigenvalue weighted by Gasteiger charge is -2.62. The summed E-state index contributed by atoms with van der Waals surface area (Å²) in [5, 5.41) is 19.5. The first-order valence-corrected chi connectivity index (χ1v) is 10.7. The Morgan fingerprint density at radius 2 is 1.96 bits per heavy atom. The Kier molecular flexibility index (Phi) is 4.66. The summed E-state index contributed by atoms with van der Waals surface area (Å²) in [7, 11) is 0. The quantitative estimate of drug-likeness (QED) is 0.548. The molecule has 4 heteroatoms. The lowest BCUT2D eigenvalue weighted by molar-refractivity contribution is -0.188. The highest BCUT2D eigenvalue weighted by atomic mass is 16.5. The van der Waals surface area contributed by atoms with Gasteiger partial charge in [-0.2, -0.15) is 5.26 Å². The second kappa shape index (κ2) is 6.62. The molecule has 27 heavy (non-hydrogen) atoms. The zero-order valence-electron chi connectivity index (χ0n) is 16.9. The van der Waals surface area contributed by atoms with Crippen LogP contribution in [0.25, 0.3) is 0 Å². The maximum atomic E-state index is 11.8. The summed E-state index contributed by atoms with van der Waals surface area (Å²) in [6.45, 7) is 6.28. The molecule has 8 atom stereocenters. The highest BCUT2D eigenvalue weighted by Crippen LogP contribution is 2.67. The van der Waals surface area contributed by atoms with E-state index in [1.807, 2.05) is 0 Å². The van der Waals surface area contributed by atoms with Gasteiger partial charge >= 0.3 is 5.97 Å². The maximum Gasteiger partial charge on any atom is 0.302 e. The number of esters is 1. The van der Waals surface area contributed by atoms with Gasteiger partial charge in [-0.1, -0.05) is 19.4 Å². The Balaban J connectivity index is 1.69. The van der Waals surface area contributed by atoms with Crippen LogP contribution in [0.4, 0.5) is 0 Å². The Labute approximate surface area is 163 Å². The fourth-order valence-electron chi connectivity index (χ4n) is 7.75. The zero-order chi connectivity index (χ0) is 19.4. The average molecular weight is 372 g/mol. The summed E-state index contributed by atoms with van der Waals surface area (Å²) >= 11 is 0. The van der Waals surface area contributed by atoms with E-state index >= 15 is 0 Å². The number of aliphatic hydroxyl groups excluding tert-OH is 1. The Morgan fingerprint density at radius 1 is 1.19 bits per heavy atom. The first-order chi connectivity index (χ1) is 12.8. The molecule has 0 amide bonds. The van der Waals surface area contributed by atoms with Crippen molar-refractivity contribution in [1.29, 1.82) is 5.26 Å². The van der Waals surface area contributed by atoms with Gasteiger partial charge in [-0.3, -0.25) is 4.79 Å². The number of nitrogens with zero attached hydrogens (tertiary/aromatic N) is 1. The third kappa shape index (κ3) is 2.85. The topological polar surface area (TPSA) is 70.3 Å². The van der Waals surface area contributed by atoms with Crippen molar-refractivity contribution in [1.82, 2.24) is 0 Å². The number of allylic oxidation sites excluding steroid dienone is 2. The molecule has 0 heterocycles. The monoisotopic (exact) mass is 371 g/mol. The zero-order valence-corrected chi connectivity index (χ0v) is 16.9. The molecule has 0 radical (unpaired) electrons. The third-order valence-corrected chi connectivity index (χ3v) is 9.03. The molecule has 0 saturated heterocycles. The molecule has 4 fully saturated rings. The molecule has 4 nitrogen and oxygen atoms in total. The van der Waals surface area contributed by atoms with E-state index in [0.29, 0.717) is 17.8 Å². The van der Waals surface area contributed by atoms with Crippen molar-refractivity contribution in [3.8, 4) is 6.07 Å². The van der Waals surface area contributed by atoms with Crippen LogP contribution in [0.15, 0.2) is 11.6 Å². The van der Waals surface area contributed by atoms with Crippen molar-refractivity contribution in [3.63, 3.8) is 0 Å². The molecule has 4 saturated carbocycles. The third-order valence-electron chi connectivity index (χ3n) is 9.03. The summed E-state index contributed by atoms with van der Waals surface area (Å²) in [4.78, 5) is 11.8. The summed E-state index contributed by atoms with van der Waals surface area (Å²) in [5.74, 6) is 1.84. The van der Waals surface area contributed by atoms with Gasteiger partial charge in [0, 0.05) is 18.9 Å². The number of aliphatic hydroxyl groups is 1. The standard InChI is InChI=1S/C23H33NO3/c1-14(25)27-21-13-17-18-5-4-15(8-11-24)22(18,2)10-7-19(17)23(3)9-6-16(26)12-20(21)23/h8,16-21,26H,4-7,9-10,12-13H2,1-3H3. The largest absolute Gasteiger partial charge is 0.462 e. The average Bonchev–Trinajstić information content (AvgIpc) is 2.93. The van der Waals surface area contributed by atoms with Gasteiger partial charge in [-0.25, -0.2) is 0 Å². The maximum absolute atomic E-state index is 11.8. The molecule has 0 aromatic rings. The molecular formula is C23H33NO3. The van der Waals surface area contributed by atoms with Gasteiger partial charge in [-0.15, -0.1) is 0 Å². The molecule has 8 unspecified atom stereocenters. The first kappa shape index (κ1) is 19.0. The molecule has 0 aromatic heterocycles. The minimum absolute atomic E-state index is 0.0740. The van der Waals surface area contributed by atoms with Gasteiger partial charge in [0.2, 0.25) is 0 Å². The van der Waals surface area contributed by atoms with E-state index in [-0.39, 0.29) is 34.9 Å². The summed E-state index contributed by atoms with van der Waals surface area (Å²) < 4.78 is 5.86. The number of rotatable bonds is 1. The molecule has 1 N–H and O–H groups in total. The van der Waals surface area contributed by atoms with Crippen LogP contribution in [-0.4, -0.2) is 23.3 Å². The summed E-state index contributed by atoms with van der Waals surface area (Å²) in [6, 6.07) is 2.27. The molecule has 0 spiro atoms. The molecule has 4 aliphatic rings. The smallest absolute Gasteiger partial charge is 0.302 e. The minimum atomic E-state index is -0.261. The number of ether oxygens (including phenoxy) is 1. The van der Waals surface area contributed by atoms with Crippen LogP contribution in [0.3, 0.4) is 0 Å². The van der Waals surface area contributed by atoms with Crippen LogP contribution >= 0.6 is 0 Å². The predicted octanol–water partition coefficient (Wildman–Crippen LogP) is 4.38. The molecule has 4 rings (SSSR count).